The van der Waals surface area contributed by atoms with Crippen molar-refractivity contribution in [1.29, 1.82) is 0 Å². The lowest BCUT2D eigenvalue weighted by Crippen LogP contribution is -2.04. The Balaban J connectivity index is 1.98. The molecule has 0 amide bonds. The number of aromatic hydroxyl groups is 2. The van der Waals surface area contributed by atoms with Crippen LogP contribution in [0.1, 0.15) is 64.3 Å². The maximum atomic E-state index is 10.9. The predicted octanol–water partition coefficient (Wildman–Crippen LogP) is 8.37. The number of hydrogen-bond donors (Lipinski definition) is 2. The van der Waals surface area contributed by atoms with E-state index >= 15 is 0 Å². The minimum Gasteiger partial charge on any atom is -0.507 e. The Morgan fingerprint density at radius 1 is 0.703 bits per heavy atom. The van der Waals surface area contributed by atoms with Gasteiger partial charge in [-0.15, -0.1) is 0 Å². The second-order valence-electron chi connectivity index (χ2n) is 9.74. The van der Waals surface area contributed by atoms with E-state index in [0.29, 0.717) is 16.8 Å². The van der Waals surface area contributed by atoms with Gasteiger partial charge in [-0.1, -0.05) is 68.4 Å². The number of rotatable bonds is 6. The number of phenolic OH excluding ortho intramolecular Hbond substituents is 2. The van der Waals surface area contributed by atoms with Crippen LogP contribution in [0.15, 0.2) is 82.8 Å². The van der Waals surface area contributed by atoms with Gasteiger partial charge in [-0.05, 0) is 79.6 Å². The predicted molar refractivity (Wildman–Crippen MR) is 155 cm³/mol. The average molecular weight is 491 g/mol. The molecule has 4 rings (SSSR count). The molecule has 0 heterocycles. The summed E-state index contributed by atoms with van der Waals surface area (Å²) in [7, 11) is 0. The molecule has 0 saturated heterocycles. The highest BCUT2D eigenvalue weighted by atomic mass is 16.3. The van der Waals surface area contributed by atoms with Gasteiger partial charge >= 0.3 is 0 Å². The Labute approximate surface area is 219 Å². The molecule has 0 radical (unpaired) electrons. The minimum absolute atomic E-state index is 0.170. The molecule has 0 bridgehead atoms. The van der Waals surface area contributed by atoms with Crippen LogP contribution >= 0.6 is 0 Å². The van der Waals surface area contributed by atoms with Crippen LogP contribution in [0.25, 0.3) is 0 Å². The van der Waals surface area contributed by atoms with E-state index in [9.17, 15) is 10.2 Å². The number of hydrogen-bond acceptors (Lipinski definition) is 4. The Morgan fingerprint density at radius 2 is 1.32 bits per heavy atom. The Morgan fingerprint density at radius 3 is 1.97 bits per heavy atom. The summed E-state index contributed by atoms with van der Waals surface area (Å²) in [6.07, 6.45) is 1.72. The van der Waals surface area contributed by atoms with Gasteiger partial charge in [0.1, 0.15) is 11.5 Å². The van der Waals surface area contributed by atoms with Crippen LogP contribution in [0.2, 0.25) is 0 Å². The summed E-state index contributed by atoms with van der Waals surface area (Å²) in [6.45, 7) is 12.4. The second-order valence-corrected chi connectivity index (χ2v) is 9.74. The molecule has 4 heteroatoms. The topological polar surface area (TPSA) is 65.2 Å². The van der Waals surface area contributed by atoms with Gasteiger partial charge in [0.05, 0.1) is 17.1 Å². The molecule has 0 atom stereocenters. The standard InChI is InChI=1S/C33H34N2O2/c1-20(2)27-17-12-15-26(33(27)37)19-34-30-23(5)21(3)22(4)24(6)31(30)35-32(25-13-8-7-9-14-25)28-16-10-11-18-29(28)36/h7-20,36-37H,1-6H3. The summed E-state index contributed by atoms with van der Waals surface area (Å²) in [6, 6.07) is 22.9. The molecule has 0 aromatic heterocycles. The van der Waals surface area contributed by atoms with E-state index < -0.39 is 0 Å². The Bertz CT molecular complexity index is 1500. The van der Waals surface area contributed by atoms with E-state index in [1.165, 1.54) is 0 Å². The van der Waals surface area contributed by atoms with Crippen LogP contribution in [-0.2, 0) is 0 Å². The fourth-order valence-electron chi connectivity index (χ4n) is 4.51. The van der Waals surface area contributed by atoms with Crippen LogP contribution in [0.4, 0.5) is 11.4 Å². The average Bonchev–Trinajstić information content (AvgIpc) is 2.90. The molecule has 0 fully saturated rings. The van der Waals surface area contributed by atoms with Gasteiger partial charge < -0.3 is 10.2 Å². The van der Waals surface area contributed by atoms with E-state index in [1.807, 2.05) is 60.7 Å². The number of aliphatic imine (C=N–C) groups is 2. The van der Waals surface area contributed by atoms with Gasteiger partial charge in [0, 0.05) is 22.9 Å². The molecule has 37 heavy (non-hydrogen) atoms. The zero-order valence-electron chi connectivity index (χ0n) is 22.4. The van der Waals surface area contributed by atoms with Gasteiger partial charge in [0.2, 0.25) is 0 Å². The lowest BCUT2D eigenvalue weighted by Gasteiger charge is -2.18. The van der Waals surface area contributed by atoms with Crippen molar-refractivity contribution in [2.75, 3.05) is 0 Å². The SMILES string of the molecule is Cc1c(C)c(C)c(N=C(c2ccccc2)c2ccccc2O)c(N=Cc2cccc(C(C)C)c2O)c1C. The zero-order valence-corrected chi connectivity index (χ0v) is 22.4. The lowest BCUT2D eigenvalue weighted by atomic mass is 9.95. The first-order valence-corrected chi connectivity index (χ1v) is 12.6. The van der Waals surface area contributed by atoms with Crippen molar-refractivity contribution in [1.82, 2.24) is 0 Å². The largest absolute Gasteiger partial charge is 0.507 e. The van der Waals surface area contributed by atoms with Gasteiger partial charge in [-0.3, -0.25) is 4.99 Å². The molecular formula is C33H34N2O2. The molecule has 4 nitrogen and oxygen atoms in total. The minimum atomic E-state index is 0.170. The Hall–Kier alpha value is -4.18. The van der Waals surface area contributed by atoms with Gasteiger partial charge in [0.15, 0.2) is 0 Å². The summed E-state index contributed by atoms with van der Waals surface area (Å²) in [5, 5.41) is 21.6. The normalized spacial score (nSPS) is 12.0. The molecule has 0 spiro atoms. The summed E-state index contributed by atoms with van der Waals surface area (Å²) in [5.41, 5.74) is 9.65. The van der Waals surface area contributed by atoms with E-state index in [2.05, 4.69) is 41.5 Å². The summed E-state index contributed by atoms with van der Waals surface area (Å²) in [4.78, 5) is 10.1. The third-order valence-electron chi connectivity index (χ3n) is 7.11. The fourth-order valence-corrected chi connectivity index (χ4v) is 4.51. The van der Waals surface area contributed by atoms with Crippen LogP contribution in [0.5, 0.6) is 11.5 Å². The number of nitrogens with zero attached hydrogens (tertiary/aromatic N) is 2. The molecule has 0 saturated carbocycles. The smallest absolute Gasteiger partial charge is 0.127 e. The summed E-state index contributed by atoms with van der Waals surface area (Å²) >= 11 is 0. The molecule has 0 aliphatic rings. The summed E-state index contributed by atoms with van der Waals surface area (Å²) < 4.78 is 0. The van der Waals surface area contributed by atoms with Crippen molar-refractivity contribution in [3.63, 3.8) is 0 Å². The van der Waals surface area contributed by atoms with Crippen molar-refractivity contribution in [2.45, 2.75) is 47.5 Å². The molecule has 4 aromatic carbocycles. The van der Waals surface area contributed by atoms with E-state index in [-0.39, 0.29) is 17.4 Å². The first-order chi connectivity index (χ1) is 17.7. The molecule has 0 unspecified atom stereocenters. The Kier molecular flexibility index (Phi) is 7.58. The van der Waals surface area contributed by atoms with E-state index in [0.717, 1.165) is 44.8 Å². The second kappa shape index (κ2) is 10.8. The third kappa shape index (κ3) is 5.19. The first-order valence-electron chi connectivity index (χ1n) is 12.6. The van der Waals surface area contributed by atoms with Gasteiger partial charge in [-0.2, -0.15) is 0 Å². The molecule has 0 aliphatic carbocycles. The quantitative estimate of drug-likeness (QED) is 0.267. The van der Waals surface area contributed by atoms with Crippen LogP contribution in [0, 0.1) is 27.7 Å². The van der Waals surface area contributed by atoms with Crippen LogP contribution in [0.3, 0.4) is 0 Å². The lowest BCUT2D eigenvalue weighted by molar-refractivity contribution is 0.464. The monoisotopic (exact) mass is 490 g/mol. The maximum absolute atomic E-state index is 10.9. The molecule has 0 aliphatic heterocycles. The highest BCUT2D eigenvalue weighted by Crippen LogP contribution is 2.41. The van der Waals surface area contributed by atoms with Crippen molar-refractivity contribution in [3.05, 3.63) is 117 Å². The van der Waals surface area contributed by atoms with E-state index in [4.69, 9.17) is 9.98 Å². The highest BCUT2D eigenvalue weighted by molar-refractivity contribution is 6.16. The van der Waals surface area contributed by atoms with E-state index in [1.54, 1.807) is 18.3 Å². The fraction of sp³-hybridized carbons (Fsp3) is 0.212. The van der Waals surface area contributed by atoms with Crippen molar-refractivity contribution < 1.29 is 10.2 Å². The van der Waals surface area contributed by atoms with Crippen molar-refractivity contribution in [2.24, 2.45) is 9.98 Å². The number of benzene rings is 4. The zero-order chi connectivity index (χ0) is 26.7. The molecule has 188 valence electrons. The van der Waals surface area contributed by atoms with Crippen molar-refractivity contribution in [3.8, 4) is 11.5 Å². The summed E-state index contributed by atoms with van der Waals surface area (Å²) in [5.74, 6) is 0.624. The highest BCUT2D eigenvalue weighted by Gasteiger charge is 2.18. The molecular weight excluding hydrogens is 456 g/mol. The van der Waals surface area contributed by atoms with Crippen LogP contribution < -0.4 is 0 Å². The maximum Gasteiger partial charge on any atom is 0.127 e. The van der Waals surface area contributed by atoms with Gasteiger partial charge in [-0.25, -0.2) is 4.99 Å². The van der Waals surface area contributed by atoms with Crippen LogP contribution in [-0.4, -0.2) is 22.1 Å². The third-order valence-corrected chi connectivity index (χ3v) is 7.11. The first kappa shape index (κ1) is 25.9. The van der Waals surface area contributed by atoms with Gasteiger partial charge in [0.25, 0.3) is 0 Å². The molecule has 4 aromatic rings. The molecule has 2 N–H and O–H groups in total. The number of para-hydroxylation sites is 2. The van der Waals surface area contributed by atoms with Crippen molar-refractivity contribution >= 4 is 23.3 Å². The number of phenols is 2.